The minimum atomic E-state index is 0.544. The zero-order valence-corrected chi connectivity index (χ0v) is 16.1. The number of nitriles is 1. The number of nitrogens with one attached hydrogen (secondary N) is 1. The number of methoxy groups -OCH3 is 1. The van der Waals surface area contributed by atoms with Crippen molar-refractivity contribution in [2.75, 3.05) is 50.4 Å². The van der Waals surface area contributed by atoms with Gasteiger partial charge in [0.2, 0.25) is 0 Å². The van der Waals surface area contributed by atoms with E-state index in [0.29, 0.717) is 12.0 Å². The molecule has 0 heterocycles. The molecule has 0 aromatic heterocycles. The molecular weight excluding hydrogens is 324 g/mol. The number of benzene rings is 2. The molecule has 0 amide bonds. The maximum atomic E-state index is 9.52. The second-order valence-corrected chi connectivity index (χ2v) is 6.42. The van der Waals surface area contributed by atoms with Crippen molar-refractivity contribution in [3.05, 3.63) is 59.8 Å². The lowest BCUT2D eigenvalue weighted by Gasteiger charge is -2.24. The van der Waals surface area contributed by atoms with Gasteiger partial charge in [0.15, 0.2) is 5.75 Å². The summed E-state index contributed by atoms with van der Waals surface area (Å²) in [7, 11) is 9.62. The highest BCUT2D eigenvalue weighted by Crippen LogP contribution is 2.38. The van der Waals surface area contributed by atoms with Crippen LogP contribution in [0.15, 0.2) is 54.2 Å². The van der Waals surface area contributed by atoms with E-state index in [9.17, 15) is 5.26 Å². The molecule has 2 aromatic carbocycles. The summed E-state index contributed by atoms with van der Waals surface area (Å²) in [6.45, 7) is 0. The molecule has 2 rings (SSSR count). The van der Waals surface area contributed by atoms with Gasteiger partial charge in [-0.15, -0.1) is 0 Å². The first-order chi connectivity index (χ1) is 12.5. The van der Waals surface area contributed by atoms with Gasteiger partial charge in [0, 0.05) is 52.1 Å². The standard InChI is InChI=1S/C21H26N4O/c1-24(2)19-12-16(13-20(25(3)4)21(19)26-5)11-17(14-22)15-23-18-9-7-6-8-10-18/h6-10,12-13,15,23H,11H2,1-5H3. The summed E-state index contributed by atoms with van der Waals surface area (Å²) in [6.07, 6.45) is 2.31. The predicted molar refractivity (Wildman–Crippen MR) is 109 cm³/mol. The maximum absolute atomic E-state index is 9.52. The Labute approximate surface area is 156 Å². The molecule has 0 saturated heterocycles. The van der Waals surface area contributed by atoms with E-state index in [4.69, 9.17) is 4.74 Å². The van der Waals surface area contributed by atoms with Gasteiger partial charge in [0.25, 0.3) is 0 Å². The predicted octanol–water partition coefficient (Wildman–Crippen LogP) is 3.89. The zero-order chi connectivity index (χ0) is 19.1. The quantitative estimate of drug-likeness (QED) is 0.768. The van der Waals surface area contributed by atoms with E-state index < -0.39 is 0 Å². The average molecular weight is 350 g/mol. The van der Waals surface area contributed by atoms with Gasteiger partial charge in [0.1, 0.15) is 0 Å². The number of nitrogens with zero attached hydrogens (tertiary/aromatic N) is 3. The van der Waals surface area contributed by atoms with Gasteiger partial charge >= 0.3 is 0 Å². The van der Waals surface area contributed by atoms with Crippen molar-refractivity contribution in [3.8, 4) is 11.8 Å². The van der Waals surface area contributed by atoms with E-state index in [-0.39, 0.29) is 0 Å². The first-order valence-corrected chi connectivity index (χ1v) is 8.42. The first kappa shape index (κ1) is 19.2. The molecule has 0 saturated carbocycles. The van der Waals surface area contributed by atoms with E-state index in [1.807, 2.05) is 68.3 Å². The highest BCUT2D eigenvalue weighted by atomic mass is 16.5. The Kier molecular flexibility index (Phi) is 6.51. The Morgan fingerprint density at radius 3 is 2.12 bits per heavy atom. The minimum Gasteiger partial charge on any atom is -0.492 e. The van der Waals surface area contributed by atoms with Crippen LogP contribution in [0, 0.1) is 11.3 Å². The van der Waals surface area contributed by atoms with Crippen molar-refractivity contribution in [2.45, 2.75) is 6.42 Å². The van der Waals surface area contributed by atoms with E-state index in [1.165, 1.54) is 0 Å². The van der Waals surface area contributed by atoms with Gasteiger partial charge in [-0.05, 0) is 29.8 Å². The van der Waals surface area contributed by atoms with Crippen LogP contribution in [0.2, 0.25) is 0 Å². The lowest BCUT2D eigenvalue weighted by molar-refractivity contribution is 0.416. The van der Waals surface area contributed by atoms with E-state index in [0.717, 1.165) is 28.4 Å². The van der Waals surface area contributed by atoms with Crippen molar-refractivity contribution in [1.82, 2.24) is 0 Å². The Morgan fingerprint density at radius 1 is 1.08 bits per heavy atom. The monoisotopic (exact) mass is 350 g/mol. The van der Waals surface area contributed by atoms with Crippen LogP contribution >= 0.6 is 0 Å². The largest absolute Gasteiger partial charge is 0.492 e. The number of ether oxygens (including phenoxy) is 1. The third-order valence-corrected chi connectivity index (χ3v) is 4.00. The lowest BCUT2D eigenvalue weighted by atomic mass is 10.0. The third kappa shape index (κ3) is 4.70. The number of anilines is 3. The molecule has 0 radical (unpaired) electrons. The smallest absolute Gasteiger partial charge is 0.165 e. The van der Waals surface area contributed by atoms with E-state index in [2.05, 4.69) is 23.5 Å². The van der Waals surface area contributed by atoms with Gasteiger partial charge in [-0.2, -0.15) is 5.26 Å². The maximum Gasteiger partial charge on any atom is 0.165 e. The van der Waals surface area contributed by atoms with Crippen molar-refractivity contribution < 1.29 is 4.74 Å². The summed E-state index contributed by atoms with van der Waals surface area (Å²) < 4.78 is 5.62. The molecule has 5 heteroatoms. The molecule has 0 aliphatic heterocycles. The molecule has 0 atom stereocenters. The molecular formula is C21H26N4O. The van der Waals surface area contributed by atoms with Gasteiger partial charge in [-0.1, -0.05) is 18.2 Å². The fourth-order valence-corrected chi connectivity index (χ4v) is 2.68. The molecule has 26 heavy (non-hydrogen) atoms. The van der Waals surface area contributed by atoms with Gasteiger partial charge < -0.3 is 19.9 Å². The minimum absolute atomic E-state index is 0.544. The Hall–Kier alpha value is -3.13. The summed E-state index contributed by atoms with van der Waals surface area (Å²) in [5.74, 6) is 0.827. The molecule has 0 fully saturated rings. The SMILES string of the molecule is COc1c(N(C)C)cc(CC(C#N)=CNc2ccccc2)cc1N(C)C. The highest BCUT2D eigenvalue weighted by Gasteiger charge is 2.15. The van der Waals surface area contributed by atoms with Crippen LogP contribution < -0.4 is 19.9 Å². The summed E-state index contributed by atoms with van der Waals surface area (Å²) in [5, 5.41) is 12.7. The van der Waals surface area contributed by atoms with E-state index in [1.54, 1.807) is 13.3 Å². The molecule has 0 aliphatic carbocycles. The van der Waals surface area contributed by atoms with Crippen LogP contribution in [-0.4, -0.2) is 35.3 Å². The van der Waals surface area contributed by atoms with Crippen molar-refractivity contribution >= 4 is 17.1 Å². The molecule has 2 aromatic rings. The highest BCUT2D eigenvalue weighted by molar-refractivity contribution is 5.74. The lowest BCUT2D eigenvalue weighted by Crippen LogP contribution is -2.15. The molecule has 0 unspecified atom stereocenters. The Morgan fingerprint density at radius 2 is 1.65 bits per heavy atom. The second-order valence-electron chi connectivity index (χ2n) is 6.42. The molecule has 136 valence electrons. The molecule has 0 spiro atoms. The summed E-state index contributed by atoms with van der Waals surface area (Å²) in [6, 6.07) is 16.2. The second kappa shape index (κ2) is 8.82. The van der Waals surface area contributed by atoms with E-state index >= 15 is 0 Å². The molecule has 5 nitrogen and oxygen atoms in total. The van der Waals surface area contributed by atoms with Crippen molar-refractivity contribution in [3.63, 3.8) is 0 Å². The molecule has 1 N–H and O–H groups in total. The van der Waals surface area contributed by atoms with Crippen LogP contribution in [0.25, 0.3) is 0 Å². The van der Waals surface area contributed by atoms with Crippen LogP contribution in [0.5, 0.6) is 5.75 Å². The summed E-state index contributed by atoms with van der Waals surface area (Å²) >= 11 is 0. The van der Waals surface area contributed by atoms with Gasteiger partial charge in [-0.3, -0.25) is 0 Å². The van der Waals surface area contributed by atoms with Crippen LogP contribution in [0.1, 0.15) is 5.56 Å². The fraction of sp³-hybridized carbons (Fsp3) is 0.286. The normalized spacial score (nSPS) is 10.8. The topological polar surface area (TPSA) is 51.5 Å². The number of hydrogen-bond acceptors (Lipinski definition) is 5. The third-order valence-electron chi connectivity index (χ3n) is 4.00. The van der Waals surface area contributed by atoms with Crippen molar-refractivity contribution in [1.29, 1.82) is 5.26 Å². The number of allylic oxidation sites excluding steroid dienone is 1. The summed E-state index contributed by atoms with van der Waals surface area (Å²) in [5.41, 5.74) is 4.65. The first-order valence-electron chi connectivity index (χ1n) is 8.42. The van der Waals surface area contributed by atoms with Crippen molar-refractivity contribution in [2.24, 2.45) is 0 Å². The number of rotatable bonds is 7. The fourth-order valence-electron chi connectivity index (χ4n) is 2.68. The van der Waals surface area contributed by atoms with Crippen LogP contribution in [-0.2, 0) is 6.42 Å². The number of hydrogen-bond donors (Lipinski definition) is 1. The van der Waals surface area contributed by atoms with Gasteiger partial charge in [-0.25, -0.2) is 0 Å². The number of para-hydroxylation sites is 1. The molecule has 0 bridgehead atoms. The Bertz CT molecular complexity index is 776. The summed E-state index contributed by atoms with van der Waals surface area (Å²) in [4.78, 5) is 4.04. The van der Waals surface area contributed by atoms with Crippen LogP contribution in [0.4, 0.5) is 17.1 Å². The van der Waals surface area contributed by atoms with Crippen LogP contribution in [0.3, 0.4) is 0 Å². The average Bonchev–Trinajstić information content (AvgIpc) is 2.64. The Balaban J connectivity index is 2.33. The molecule has 0 aliphatic rings. The van der Waals surface area contributed by atoms with Gasteiger partial charge in [0.05, 0.1) is 24.6 Å². The zero-order valence-electron chi connectivity index (χ0n) is 16.1.